The largest absolute Gasteiger partial charge is 0.474 e. The maximum Gasteiger partial charge on any atom is 0.472 e. The van der Waals surface area contributed by atoms with Crippen LogP contribution in [0.1, 0.15) is 143 Å². The first kappa shape index (κ1) is 34.8. The maximum absolute atomic E-state index is 11.2. The number of unbranched alkanes of at least 4 members (excludes halogenated alkanes) is 13. The minimum absolute atomic E-state index is 0.317. The third-order valence-electron chi connectivity index (χ3n) is 6.59. The quantitative estimate of drug-likeness (QED) is 0.0444. The fraction of sp³-hybridized carbons (Fsp3) is 0.963. The molecule has 2 N–H and O–H groups in total. The Kier molecular flexibility index (Phi) is 22.8. The lowest BCUT2D eigenvalue weighted by Crippen LogP contribution is -2.40. The molecule has 5 unspecified atom stereocenters. The molecule has 6 nitrogen and oxygen atoms in total. The summed E-state index contributed by atoms with van der Waals surface area (Å²) in [6.07, 6.45) is 21.8. The summed E-state index contributed by atoms with van der Waals surface area (Å²) in [7, 11) is -1.55. The van der Waals surface area contributed by atoms with Gasteiger partial charge in [-0.1, -0.05) is 134 Å². The van der Waals surface area contributed by atoms with E-state index in [2.05, 4.69) is 26.5 Å². The van der Waals surface area contributed by atoms with Crippen molar-refractivity contribution >= 4 is 27.1 Å². The fourth-order valence-corrected chi connectivity index (χ4v) is 5.07. The van der Waals surface area contributed by atoms with Crippen molar-refractivity contribution in [2.45, 2.75) is 160 Å². The van der Waals surface area contributed by atoms with E-state index in [9.17, 15) is 14.5 Å². The average Bonchev–Trinajstić information content (AvgIpc) is 2.84. The summed E-state index contributed by atoms with van der Waals surface area (Å²) in [6, 6.07) is 0. The van der Waals surface area contributed by atoms with Crippen molar-refractivity contribution in [1.82, 2.24) is 0 Å². The number of aliphatic hydroxyl groups is 1. The van der Waals surface area contributed by atoms with Crippen molar-refractivity contribution in [2.75, 3.05) is 0 Å². The molecule has 5 atom stereocenters. The van der Waals surface area contributed by atoms with Crippen molar-refractivity contribution in [2.24, 2.45) is 5.92 Å². The first-order valence-corrected chi connectivity index (χ1v) is 15.6. The van der Waals surface area contributed by atoms with Crippen LogP contribution < -0.4 is 0 Å². The number of ether oxygens (including phenoxy) is 2. The number of carbonyl (C=O) groups is 1. The van der Waals surface area contributed by atoms with Gasteiger partial charge in [-0.25, -0.2) is 4.79 Å². The van der Waals surface area contributed by atoms with Crippen LogP contribution in [0.15, 0.2) is 0 Å². The number of hydrogen-bond acceptors (Lipinski definition) is 6. The van der Waals surface area contributed by atoms with E-state index in [4.69, 9.17) is 14.6 Å². The van der Waals surface area contributed by atoms with Gasteiger partial charge in [0, 0.05) is 0 Å². The molecular formula is C27H54O6PS+. The molecule has 8 heteroatoms. The van der Waals surface area contributed by atoms with Crippen LogP contribution >= 0.6 is 21.1 Å². The van der Waals surface area contributed by atoms with E-state index in [-0.39, 0.29) is 0 Å². The lowest BCUT2D eigenvalue weighted by Gasteiger charge is -2.26. The topological polar surface area (TPSA) is 93.1 Å². The van der Waals surface area contributed by atoms with Crippen LogP contribution in [0.25, 0.3) is 0 Å². The van der Waals surface area contributed by atoms with Gasteiger partial charge in [-0.2, -0.15) is 0 Å². The zero-order valence-corrected chi connectivity index (χ0v) is 24.5. The second kappa shape index (κ2) is 23.0. The first-order valence-electron chi connectivity index (χ1n) is 14.2. The lowest BCUT2D eigenvalue weighted by molar-refractivity contribution is -0.256. The number of thiol groups is 1. The molecule has 0 aromatic rings. The summed E-state index contributed by atoms with van der Waals surface area (Å²) in [5.41, 5.74) is -3.18. The highest BCUT2D eigenvalue weighted by Gasteiger charge is 2.50. The van der Waals surface area contributed by atoms with Crippen LogP contribution in [0.3, 0.4) is 0 Å². The minimum Gasteiger partial charge on any atom is -0.474 e. The summed E-state index contributed by atoms with van der Waals surface area (Å²) in [6.45, 7) is 6.24. The molecule has 0 amide bonds. The Labute approximate surface area is 221 Å². The normalized spacial score (nSPS) is 16.1. The Morgan fingerprint density at radius 2 is 1.26 bits per heavy atom. The van der Waals surface area contributed by atoms with Crippen LogP contribution in [-0.2, 0) is 18.8 Å². The zero-order valence-electron chi connectivity index (χ0n) is 22.6. The van der Waals surface area contributed by atoms with E-state index in [1.165, 1.54) is 96.3 Å². The minimum atomic E-state index is -2.75. The van der Waals surface area contributed by atoms with E-state index in [0.29, 0.717) is 12.3 Å². The van der Waals surface area contributed by atoms with Crippen LogP contribution in [-0.4, -0.2) is 33.4 Å². The molecule has 0 spiro atoms. The Bertz CT molecular complexity index is 524. The molecular weight excluding hydrogens is 483 g/mol. The molecule has 0 heterocycles. The van der Waals surface area contributed by atoms with Crippen molar-refractivity contribution in [1.29, 1.82) is 0 Å². The Hall–Kier alpha value is -0.200. The number of carboxylic acids is 1. The molecule has 0 aromatic carbocycles. The molecule has 0 aromatic heterocycles. The van der Waals surface area contributed by atoms with Crippen LogP contribution in [0, 0.1) is 5.92 Å². The average molecular weight is 538 g/mol. The van der Waals surface area contributed by atoms with Gasteiger partial charge in [-0.3, -0.25) is 4.74 Å². The van der Waals surface area contributed by atoms with Crippen LogP contribution in [0.2, 0.25) is 0 Å². The lowest BCUT2D eigenvalue weighted by atomic mass is 9.91. The van der Waals surface area contributed by atoms with Crippen LogP contribution in [0.5, 0.6) is 0 Å². The molecule has 0 bridgehead atoms. The van der Waals surface area contributed by atoms with Crippen molar-refractivity contribution in [3.8, 4) is 0 Å². The number of rotatable bonds is 26. The summed E-state index contributed by atoms with van der Waals surface area (Å²) in [4.78, 5) is 11.2. The highest BCUT2D eigenvalue weighted by molar-refractivity contribution is 7.80. The van der Waals surface area contributed by atoms with E-state index in [1.54, 1.807) is 6.92 Å². The Balaban J connectivity index is 4.57. The SMILES string of the molecule is CCCCCCCCCCCC(CCCCCCCC)CC(S)OC(CC)OC(O)([PH+]=O)C(=O)O. The maximum atomic E-state index is 11.2. The second-order valence-electron chi connectivity index (χ2n) is 9.87. The molecule has 0 aliphatic rings. The highest BCUT2D eigenvalue weighted by Crippen LogP contribution is 2.29. The molecule has 0 radical (unpaired) electrons. The van der Waals surface area contributed by atoms with Gasteiger partial charge in [0.15, 0.2) is 6.29 Å². The van der Waals surface area contributed by atoms with Gasteiger partial charge in [0.25, 0.3) is 0 Å². The molecule has 35 heavy (non-hydrogen) atoms. The van der Waals surface area contributed by atoms with Crippen molar-refractivity contribution in [3.05, 3.63) is 0 Å². The fourth-order valence-electron chi connectivity index (χ4n) is 4.37. The molecule has 0 saturated carbocycles. The van der Waals surface area contributed by atoms with Gasteiger partial charge in [0.2, 0.25) is 0 Å². The third kappa shape index (κ3) is 18.7. The zero-order chi connectivity index (χ0) is 26.4. The Morgan fingerprint density at radius 3 is 1.63 bits per heavy atom. The van der Waals surface area contributed by atoms with E-state index >= 15 is 0 Å². The summed E-state index contributed by atoms with van der Waals surface area (Å²) in [5, 5.41) is 19.0. The van der Waals surface area contributed by atoms with Crippen molar-refractivity contribution in [3.63, 3.8) is 0 Å². The highest BCUT2D eigenvalue weighted by atomic mass is 32.1. The summed E-state index contributed by atoms with van der Waals surface area (Å²) >= 11 is 4.60. The van der Waals surface area contributed by atoms with Gasteiger partial charge in [-0.05, 0) is 18.8 Å². The van der Waals surface area contributed by atoms with Gasteiger partial charge in [0.1, 0.15) is 5.44 Å². The number of aliphatic carboxylic acids is 1. The molecule has 0 fully saturated rings. The molecule has 208 valence electrons. The number of hydrogen-bond donors (Lipinski definition) is 3. The second-order valence-corrected chi connectivity index (χ2v) is 11.3. The smallest absolute Gasteiger partial charge is 0.472 e. The predicted molar refractivity (Wildman–Crippen MR) is 149 cm³/mol. The van der Waals surface area contributed by atoms with E-state index < -0.39 is 31.7 Å². The predicted octanol–water partition coefficient (Wildman–Crippen LogP) is 8.44. The van der Waals surface area contributed by atoms with Crippen molar-refractivity contribution < 1.29 is 29.0 Å². The first-order chi connectivity index (χ1) is 16.8. The van der Waals surface area contributed by atoms with Crippen LogP contribution in [0.4, 0.5) is 0 Å². The summed E-state index contributed by atoms with van der Waals surface area (Å²) < 4.78 is 22.1. The van der Waals surface area contributed by atoms with Gasteiger partial charge in [0.05, 0.1) is 0 Å². The van der Waals surface area contributed by atoms with Gasteiger partial charge >= 0.3 is 20.0 Å². The molecule has 0 rings (SSSR count). The molecule has 0 aliphatic carbocycles. The van der Waals surface area contributed by atoms with Gasteiger partial charge < -0.3 is 14.9 Å². The Morgan fingerprint density at radius 1 is 0.829 bits per heavy atom. The third-order valence-corrected chi connectivity index (χ3v) is 7.53. The summed E-state index contributed by atoms with van der Waals surface area (Å²) in [5.74, 6) is -1.19. The van der Waals surface area contributed by atoms with E-state index in [0.717, 1.165) is 19.3 Å². The van der Waals surface area contributed by atoms with Gasteiger partial charge in [-0.15, -0.1) is 12.6 Å². The number of carboxylic acid groups (broad SMARTS) is 1. The standard InChI is InChI=1S/C27H53O6PS/c1-4-7-9-11-13-14-15-17-19-21-23(20-18-16-12-10-8-5-2)22-25(35)32-24(6-3)33-27(30,34-31)26(28)29/h23-25,30,35H,4-22H2,1-3H3,(H,28,29)/p+1. The molecule has 0 aliphatic heterocycles. The van der Waals surface area contributed by atoms with E-state index in [1.807, 2.05) is 0 Å². The monoisotopic (exact) mass is 537 g/mol. The molecule has 0 saturated heterocycles.